The molecule has 3 aromatic heterocycles. The topological polar surface area (TPSA) is 48.5 Å². The predicted octanol–water partition coefficient (Wildman–Crippen LogP) is 13.4. The molecule has 5 nitrogen and oxygen atoms in total. The van der Waals surface area contributed by atoms with Crippen LogP contribution in [0.25, 0.3) is 111 Å². The number of rotatable bonds is 5. The number of benzene rings is 9. The van der Waals surface area contributed by atoms with Gasteiger partial charge in [-0.3, -0.25) is 0 Å². The first-order chi connectivity index (χ1) is 28.8. The van der Waals surface area contributed by atoms with Crippen LogP contribution in [0.2, 0.25) is 0 Å². The molecule has 0 radical (unpaired) electrons. The van der Waals surface area contributed by atoms with Gasteiger partial charge in [0, 0.05) is 38.4 Å². The first kappa shape index (κ1) is 32.4. The van der Waals surface area contributed by atoms with E-state index < -0.39 is 0 Å². The van der Waals surface area contributed by atoms with Crippen LogP contribution in [-0.4, -0.2) is 24.1 Å². The Morgan fingerprint density at radius 3 is 1.67 bits per heavy atom. The second-order valence-corrected chi connectivity index (χ2v) is 14.8. The molecule has 5 heteroatoms. The summed E-state index contributed by atoms with van der Waals surface area (Å²) in [6.07, 6.45) is 0. The van der Waals surface area contributed by atoms with Gasteiger partial charge in [-0.05, 0) is 70.1 Å². The van der Waals surface area contributed by atoms with Crippen LogP contribution in [0.1, 0.15) is 0 Å². The third kappa shape index (κ3) is 4.93. The summed E-state index contributed by atoms with van der Waals surface area (Å²) in [6, 6.07) is 70.9. The van der Waals surface area contributed by atoms with Crippen LogP contribution >= 0.6 is 0 Å². The maximum absolute atomic E-state index is 5.54. The third-order valence-corrected chi connectivity index (χ3v) is 11.5. The molecule has 0 N–H and O–H groups in total. The lowest BCUT2D eigenvalue weighted by molar-refractivity contribution is 1.07. The van der Waals surface area contributed by atoms with E-state index >= 15 is 0 Å². The largest absolute Gasteiger partial charge is 0.309 e. The van der Waals surface area contributed by atoms with E-state index in [9.17, 15) is 0 Å². The molecule has 0 unspecified atom stereocenters. The van der Waals surface area contributed by atoms with Gasteiger partial charge in [-0.15, -0.1) is 0 Å². The summed E-state index contributed by atoms with van der Waals surface area (Å²) < 4.78 is 4.75. The first-order valence-corrected chi connectivity index (χ1v) is 19.6. The minimum Gasteiger partial charge on any atom is -0.309 e. The highest BCUT2D eigenvalue weighted by Gasteiger charge is 2.24. The predicted molar refractivity (Wildman–Crippen MR) is 240 cm³/mol. The highest BCUT2D eigenvalue weighted by molar-refractivity contribution is 6.15. The van der Waals surface area contributed by atoms with Crippen LogP contribution in [0.3, 0.4) is 0 Å². The van der Waals surface area contributed by atoms with Gasteiger partial charge in [-0.2, -0.15) is 0 Å². The Kier molecular flexibility index (Phi) is 7.16. The van der Waals surface area contributed by atoms with Crippen LogP contribution < -0.4 is 0 Å². The standard InChI is InChI=1S/C53H33N5/c1-3-17-35(18-4-1)51-54-52(43-27-15-26-42-40-24-11-13-28-45(40)57(50(42)43)38-21-5-2-6-22-38)56-53(55-51)49-39-23-10-9-16-34(39)30-31-47(49)58-46-29-14-12-25-41(46)44-32-36-19-7-8-20-37(36)33-48(44)58/h1-33H. The van der Waals surface area contributed by atoms with Gasteiger partial charge in [0.15, 0.2) is 17.5 Å². The lowest BCUT2D eigenvalue weighted by atomic mass is 10.0. The Labute approximate surface area is 333 Å². The summed E-state index contributed by atoms with van der Waals surface area (Å²) in [5.74, 6) is 1.84. The number of hydrogen-bond donors (Lipinski definition) is 0. The van der Waals surface area contributed by atoms with Gasteiger partial charge < -0.3 is 9.13 Å². The van der Waals surface area contributed by atoms with Crippen molar-refractivity contribution in [1.82, 2.24) is 24.1 Å². The maximum Gasteiger partial charge on any atom is 0.166 e. The van der Waals surface area contributed by atoms with E-state index in [4.69, 9.17) is 15.0 Å². The van der Waals surface area contributed by atoms with Gasteiger partial charge in [-0.1, -0.05) is 152 Å². The zero-order chi connectivity index (χ0) is 38.2. The van der Waals surface area contributed by atoms with Crippen molar-refractivity contribution in [3.8, 4) is 45.5 Å². The quantitative estimate of drug-likeness (QED) is 0.177. The van der Waals surface area contributed by atoms with Crippen LogP contribution in [0.5, 0.6) is 0 Å². The number of fused-ring (bicyclic) bond motifs is 8. The van der Waals surface area contributed by atoms with Crippen molar-refractivity contribution < 1.29 is 0 Å². The van der Waals surface area contributed by atoms with Gasteiger partial charge in [0.2, 0.25) is 0 Å². The Balaban J connectivity index is 1.21. The van der Waals surface area contributed by atoms with Crippen molar-refractivity contribution in [3.63, 3.8) is 0 Å². The molecule has 0 saturated carbocycles. The molecule has 0 atom stereocenters. The van der Waals surface area contributed by atoms with E-state index in [1.165, 1.54) is 26.9 Å². The summed E-state index contributed by atoms with van der Waals surface area (Å²) in [5.41, 5.74) is 9.33. The minimum atomic E-state index is 0.613. The molecule has 0 aliphatic heterocycles. The maximum atomic E-state index is 5.54. The monoisotopic (exact) mass is 739 g/mol. The molecular weight excluding hydrogens is 707 g/mol. The van der Waals surface area contributed by atoms with E-state index in [2.05, 4.69) is 191 Å². The van der Waals surface area contributed by atoms with Gasteiger partial charge in [0.25, 0.3) is 0 Å². The van der Waals surface area contributed by atoms with Crippen molar-refractivity contribution in [2.24, 2.45) is 0 Å². The van der Waals surface area contributed by atoms with Crippen molar-refractivity contribution in [1.29, 1.82) is 0 Å². The van der Waals surface area contributed by atoms with Gasteiger partial charge >= 0.3 is 0 Å². The SMILES string of the molecule is c1ccc(-c2nc(-c3c(-n4c5ccccc5c5cc6ccccc6cc54)ccc4ccccc34)nc(-c3cccc4c5ccccc5n(-c5ccccc5)c34)n2)cc1. The average molecular weight is 740 g/mol. The number of hydrogen-bond acceptors (Lipinski definition) is 3. The Hall–Kier alpha value is -7.89. The molecule has 0 amide bonds. The van der Waals surface area contributed by atoms with Crippen molar-refractivity contribution in [2.45, 2.75) is 0 Å². The van der Waals surface area contributed by atoms with E-state index in [0.717, 1.165) is 66.3 Å². The van der Waals surface area contributed by atoms with Crippen LogP contribution in [-0.2, 0) is 0 Å². The van der Waals surface area contributed by atoms with E-state index in [1.807, 2.05) is 18.2 Å². The van der Waals surface area contributed by atoms with E-state index in [0.29, 0.717) is 17.5 Å². The number of para-hydroxylation sites is 4. The fourth-order valence-corrected chi connectivity index (χ4v) is 8.96. The fourth-order valence-electron chi connectivity index (χ4n) is 8.96. The summed E-state index contributed by atoms with van der Waals surface area (Å²) >= 11 is 0. The first-order valence-electron chi connectivity index (χ1n) is 19.6. The van der Waals surface area contributed by atoms with Crippen molar-refractivity contribution in [3.05, 3.63) is 200 Å². The Morgan fingerprint density at radius 2 is 0.897 bits per heavy atom. The number of aromatic nitrogens is 5. The second kappa shape index (κ2) is 12.8. The lowest BCUT2D eigenvalue weighted by Crippen LogP contribution is -2.05. The summed E-state index contributed by atoms with van der Waals surface area (Å²) in [4.78, 5) is 16.2. The van der Waals surface area contributed by atoms with E-state index in [-0.39, 0.29) is 0 Å². The summed E-state index contributed by atoms with van der Waals surface area (Å²) in [6.45, 7) is 0. The smallest absolute Gasteiger partial charge is 0.166 e. The molecular formula is C53H33N5. The molecule has 12 aromatic rings. The fraction of sp³-hybridized carbons (Fsp3) is 0. The summed E-state index contributed by atoms with van der Waals surface area (Å²) in [7, 11) is 0. The molecule has 0 aliphatic carbocycles. The molecule has 0 spiro atoms. The van der Waals surface area contributed by atoms with Crippen molar-refractivity contribution >= 4 is 65.2 Å². The zero-order valence-electron chi connectivity index (χ0n) is 31.3. The molecule has 12 rings (SSSR count). The van der Waals surface area contributed by atoms with E-state index in [1.54, 1.807) is 0 Å². The highest BCUT2D eigenvalue weighted by Crippen LogP contribution is 2.42. The van der Waals surface area contributed by atoms with Gasteiger partial charge in [0.05, 0.1) is 33.3 Å². The summed E-state index contributed by atoms with van der Waals surface area (Å²) in [5, 5.41) is 9.31. The van der Waals surface area contributed by atoms with Gasteiger partial charge in [-0.25, -0.2) is 15.0 Å². The Morgan fingerprint density at radius 1 is 0.328 bits per heavy atom. The molecule has 0 saturated heterocycles. The third-order valence-electron chi connectivity index (χ3n) is 11.5. The molecule has 58 heavy (non-hydrogen) atoms. The molecule has 0 aliphatic rings. The Bertz CT molecular complexity index is 3560. The van der Waals surface area contributed by atoms with Gasteiger partial charge in [0.1, 0.15) is 0 Å². The normalized spacial score (nSPS) is 11.8. The lowest BCUT2D eigenvalue weighted by Gasteiger charge is -2.17. The number of nitrogens with zero attached hydrogens (tertiary/aromatic N) is 5. The van der Waals surface area contributed by atoms with Crippen LogP contribution in [0.4, 0.5) is 0 Å². The molecule has 0 fully saturated rings. The molecule has 3 heterocycles. The van der Waals surface area contributed by atoms with Crippen LogP contribution in [0, 0.1) is 0 Å². The molecule has 270 valence electrons. The highest BCUT2D eigenvalue weighted by atomic mass is 15.1. The average Bonchev–Trinajstić information content (AvgIpc) is 3.80. The van der Waals surface area contributed by atoms with Crippen LogP contribution in [0.15, 0.2) is 200 Å². The second-order valence-electron chi connectivity index (χ2n) is 14.8. The minimum absolute atomic E-state index is 0.613. The molecule has 9 aromatic carbocycles. The zero-order valence-corrected chi connectivity index (χ0v) is 31.3. The molecule has 0 bridgehead atoms. The van der Waals surface area contributed by atoms with Crippen molar-refractivity contribution in [2.75, 3.05) is 0 Å².